The Morgan fingerprint density at radius 1 is 0.324 bits per heavy atom. The van der Waals surface area contributed by atoms with Crippen LogP contribution in [0.15, 0.2) is 52.6 Å². The SMILES string of the molecule is C=C.C=C.C=C.C=C.CC(C)[C@@H](C)[C@H](C)C(C)C.CC(C)[C@@H](C)[C@H](C)C(C)C.OC[C@@H](O)[C@H]1CC[C@H](O)[C@H]1O.OC[C@@H](O)[C@H]1CC[C@H](O)[C@H]1O.OC[C@@H](O)[C@H]1OC(O)[C@H](O)[C@H]1O.OC[C@H](O)[C@H]1OC(O)[C@@H](O)[C@H]1O. The number of hydrogen-bond donors (Lipinski definition) is 18. The summed E-state index contributed by atoms with van der Waals surface area (Å²) >= 11 is 0. The molecule has 2 saturated heterocycles. The van der Waals surface area contributed by atoms with Gasteiger partial charge in [0.25, 0.3) is 0 Å². The maximum absolute atomic E-state index is 9.24. The monoisotopic (exact) mass is 1080 g/mol. The minimum Gasteiger partial charge on any atom is -0.394 e. The molecule has 18 N–H and O–H groups in total. The van der Waals surface area contributed by atoms with Crippen molar-refractivity contribution in [2.24, 2.45) is 59.2 Å². The summed E-state index contributed by atoms with van der Waals surface area (Å²) in [6, 6.07) is 0. The van der Waals surface area contributed by atoms with E-state index in [1.165, 1.54) is 0 Å². The van der Waals surface area contributed by atoms with Gasteiger partial charge in [-0.2, -0.15) is 0 Å². The van der Waals surface area contributed by atoms with Crippen LogP contribution in [-0.4, -0.2) is 216 Å². The standard InChI is InChI=1S/2C10H22.2C7H14O4.2C6H12O6.4C2H4/c2*1-7(2)9(5)10(6)8(3)4;2*8-3-6(10)4-1-2-5(9)7(4)11;2*7-1-2(8)5-3(9)4(10)6(11)12-5;4*1-2/h2*7-10H,1-6H3;2*4-11H,1-3H2;2*2-11H,1H2;4*1-2H2/t2*9-,10-;2*4-,5+,6-,7+;2-,3+,4-,5+,6?;2-,3-,4-,5-,6?;;;;/m111101..../s1. The van der Waals surface area contributed by atoms with Gasteiger partial charge in [0.05, 0.1) is 63.1 Å². The van der Waals surface area contributed by atoms with Gasteiger partial charge < -0.3 is 101 Å². The van der Waals surface area contributed by atoms with Gasteiger partial charge in [-0.05, 0) is 73.0 Å². The quantitative estimate of drug-likeness (QED) is 0.107. The first kappa shape index (κ1) is 83.5. The zero-order valence-electron chi connectivity index (χ0n) is 47.2. The molecule has 74 heavy (non-hydrogen) atoms. The highest BCUT2D eigenvalue weighted by atomic mass is 16.7. The van der Waals surface area contributed by atoms with Crippen LogP contribution >= 0.6 is 0 Å². The smallest absolute Gasteiger partial charge is 0.184 e. The molecule has 4 fully saturated rings. The molecule has 0 aromatic rings. The minimum absolute atomic E-state index is 0.353. The van der Waals surface area contributed by atoms with E-state index in [0.29, 0.717) is 25.7 Å². The molecule has 22 atom stereocenters. The number of rotatable bonds is 14. The third-order valence-corrected chi connectivity index (χ3v) is 14.2. The van der Waals surface area contributed by atoms with Crippen molar-refractivity contribution in [1.29, 1.82) is 0 Å². The third kappa shape index (κ3) is 30.9. The maximum Gasteiger partial charge on any atom is 0.184 e. The van der Waals surface area contributed by atoms with Crippen LogP contribution in [0.3, 0.4) is 0 Å². The van der Waals surface area contributed by atoms with E-state index < -0.39 is 111 Å². The molecule has 4 rings (SSSR count). The molecule has 0 aromatic carbocycles. The summed E-state index contributed by atoms with van der Waals surface area (Å²) in [6.07, 6.45) is -16.4. The van der Waals surface area contributed by atoms with Crippen LogP contribution in [-0.2, 0) is 9.47 Å². The first-order valence-corrected chi connectivity index (χ1v) is 25.7. The summed E-state index contributed by atoms with van der Waals surface area (Å²) in [5.74, 6) is 6.04. The molecule has 2 aliphatic carbocycles. The molecule has 0 aromatic heterocycles. The highest BCUT2D eigenvalue weighted by Gasteiger charge is 2.46. The lowest BCUT2D eigenvalue weighted by molar-refractivity contribution is -0.150. The summed E-state index contributed by atoms with van der Waals surface area (Å²) in [5, 5.41) is 161. The van der Waals surface area contributed by atoms with Gasteiger partial charge in [-0.15, -0.1) is 52.6 Å². The molecule has 0 bridgehead atoms. The lowest BCUT2D eigenvalue weighted by atomic mass is 9.80. The largest absolute Gasteiger partial charge is 0.394 e. The molecule has 0 spiro atoms. The number of aliphatic hydroxyl groups excluding tert-OH is 18. The van der Waals surface area contributed by atoms with Gasteiger partial charge >= 0.3 is 0 Å². The second kappa shape index (κ2) is 47.2. The van der Waals surface area contributed by atoms with Crippen LogP contribution in [0.4, 0.5) is 0 Å². The molecule has 2 unspecified atom stereocenters. The normalized spacial score (nSPS) is 31.8. The summed E-state index contributed by atoms with van der Waals surface area (Å²) in [6.45, 7) is 50.0. The molecule has 0 amide bonds. The predicted molar refractivity (Wildman–Crippen MR) is 289 cm³/mol. The fourth-order valence-corrected chi connectivity index (χ4v) is 7.73. The Bertz CT molecular complexity index is 1130. The van der Waals surface area contributed by atoms with Gasteiger partial charge in [-0.25, -0.2) is 0 Å². The average Bonchev–Trinajstić information content (AvgIpc) is 4.09. The second-order valence-electron chi connectivity index (χ2n) is 20.0. The first-order valence-electron chi connectivity index (χ1n) is 25.7. The molecule has 448 valence electrons. The van der Waals surface area contributed by atoms with Crippen LogP contribution in [0.25, 0.3) is 0 Å². The summed E-state index contributed by atoms with van der Waals surface area (Å²) in [7, 11) is 0. The summed E-state index contributed by atoms with van der Waals surface area (Å²) in [4.78, 5) is 0. The van der Waals surface area contributed by atoms with E-state index in [2.05, 4.69) is 145 Å². The van der Waals surface area contributed by atoms with Crippen LogP contribution < -0.4 is 0 Å². The maximum atomic E-state index is 9.24. The van der Waals surface area contributed by atoms with Crippen molar-refractivity contribution in [2.75, 3.05) is 26.4 Å². The summed E-state index contributed by atoms with van der Waals surface area (Å²) in [5.41, 5.74) is 0. The Morgan fingerprint density at radius 3 is 0.649 bits per heavy atom. The second-order valence-corrected chi connectivity index (χ2v) is 20.0. The highest BCUT2D eigenvalue weighted by molar-refractivity contribution is 4.91. The van der Waals surface area contributed by atoms with Crippen molar-refractivity contribution in [1.82, 2.24) is 0 Å². The predicted octanol–water partition coefficient (Wildman–Crippen LogP) is 0.850. The molecule has 2 heterocycles. The van der Waals surface area contributed by atoms with Crippen molar-refractivity contribution >= 4 is 0 Å². The number of aliphatic hydroxyl groups is 18. The van der Waals surface area contributed by atoms with Crippen molar-refractivity contribution < 1.29 is 101 Å². The Balaban J connectivity index is -0.000000182. The van der Waals surface area contributed by atoms with Crippen molar-refractivity contribution in [3.8, 4) is 0 Å². The van der Waals surface area contributed by atoms with Gasteiger partial charge in [-0.3, -0.25) is 0 Å². The number of hydrogen-bond acceptors (Lipinski definition) is 20. The average molecular weight is 1080 g/mol. The van der Waals surface area contributed by atoms with Crippen LogP contribution in [0.5, 0.6) is 0 Å². The zero-order chi connectivity index (χ0) is 60.1. The first-order chi connectivity index (χ1) is 34.4. The Labute approximate surface area is 445 Å². The Morgan fingerprint density at radius 2 is 0.527 bits per heavy atom. The van der Waals surface area contributed by atoms with Gasteiger partial charge in [-0.1, -0.05) is 83.1 Å². The lowest BCUT2D eigenvalue weighted by Gasteiger charge is -2.26. The van der Waals surface area contributed by atoms with Gasteiger partial charge in [0.1, 0.15) is 48.8 Å². The van der Waals surface area contributed by atoms with E-state index in [1.54, 1.807) is 0 Å². The van der Waals surface area contributed by atoms with Crippen LogP contribution in [0.1, 0.15) is 109 Å². The molecular weight excluding hydrogens is 969 g/mol. The third-order valence-electron chi connectivity index (χ3n) is 14.2. The summed E-state index contributed by atoms with van der Waals surface area (Å²) < 4.78 is 9.17. The zero-order valence-corrected chi connectivity index (χ0v) is 47.2. The van der Waals surface area contributed by atoms with E-state index in [-0.39, 0.29) is 25.0 Å². The van der Waals surface area contributed by atoms with E-state index in [0.717, 1.165) is 47.3 Å². The molecule has 2 saturated carbocycles. The van der Waals surface area contributed by atoms with E-state index in [1.807, 2.05) is 0 Å². The van der Waals surface area contributed by atoms with E-state index in [9.17, 15) is 10.2 Å². The fraction of sp³-hybridized carbons (Fsp3) is 0.852. The van der Waals surface area contributed by atoms with Crippen molar-refractivity contribution in [2.45, 2.75) is 207 Å². The lowest BCUT2D eigenvalue weighted by Crippen LogP contribution is -2.40. The fourth-order valence-electron chi connectivity index (χ4n) is 7.73. The number of ether oxygens (including phenoxy) is 2. The van der Waals surface area contributed by atoms with Gasteiger partial charge in [0.15, 0.2) is 12.6 Å². The molecule has 20 heteroatoms. The Kier molecular flexibility index (Phi) is 53.2. The minimum atomic E-state index is -1.51. The molecular formula is C54H112O20. The molecule has 4 aliphatic rings. The van der Waals surface area contributed by atoms with E-state index >= 15 is 0 Å². The van der Waals surface area contributed by atoms with Gasteiger partial charge in [0.2, 0.25) is 0 Å². The molecule has 2 aliphatic heterocycles. The topological polar surface area (TPSA) is 383 Å². The van der Waals surface area contributed by atoms with Crippen molar-refractivity contribution in [3.05, 3.63) is 52.6 Å². The highest BCUT2D eigenvalue weighted by Crippen LogP contribution is 2.30. The van der Waals surface area contributed by atoms with Crippen LogP contribution in [0, 0.1) is 59.2 Å². The Hall–Kier alpha value is -1.84. The van der Waals surface area contributed by atoms with Crippen molar-refractivity contribution in [3.63, 3.8) is 0 Å². The van der Waals surface area contributed by atoms with Crippen LogP contribution in [0.2, 0.25) is 0 Å². The van der Waals surface area contributed by atoms with Gasteiger partial charge in [0, 0.05) is 11.8 Å². The van der Waals surface area contributed by atoms with E-state index in [4.69, 9.17) is 81.7 Å². The molecule has 0 radical (unpaired) electrons. The molecule has 20 nitrogen and oxygen atoms in total.